The molecule has 0 atom stereocenters. The van der Waals surface area contributed by atoms with Gasteiger partial charge >= 0.3 is 0 Å². The van der Waals surface area contributed by atoms with Gasteiger partial charge in [-0.05, 0) is 25.8 Å². The Morgan fingerprint density at radius 2 is 1.91 bits per heavy atom. The van der Waals surface area contributed by atoms with Crippen LogP contribution in [0.3, 0.4) is 0 Å². The van der Waals surface area contributed by atoms with Crippen molar-refractivity contribution in [1.82, 2.24) is 9.78 Å². The minimum atomic E-state index is 0.475. The van der Waals surface area contributed by atoms with Crippen molar-refractivity contribution in [2.24, 2.45) is 0 Å². The third-order valence-electron chi connectivity index (χ3n) is 1.75. The van der Waals surface area contributed by atoms with Crippen LogP contribution in [0.1, 0.15) is 45.3 Å². The van der Waals surface area contributed by atoms with Crippen molar-refractivity contribution in [3.63, 3.8) is 0 Å². The van der Waals surface area contributed by atoms with Gasteiger partial charge in [0.05, 0.1) is 5.69 Å². The minimum Gasteiger partial charge on any atom is -0.270 e. The average Bonchev–Trinajstić information content (AvgIpc) is 2.33. The highest BCUT2D eigenvalue weighted by atomic mass is 15.3. The first kappa shape index (κ1) is 8.31. The molecule has 0 spiro atoms. The van der Waals surface area contributed by atoms with E-state index in [1.54, 1.807) is 0 Å². The number of hydrogen-bond donors (Lipinski definition) is 0. The van der Waals surface area contributed by atoms with E-state index in [4.69, 9.17) is 0 Å². The summed E-state index contributed by atoms with van der Waals surface area (Å²) >= 11 is 0. The Morgan fingerprint density at radius 3 is 2.18 bits per heavy atom. The predicted molar refractivity (Wildman–Crippen MR) is 46.7 cm³/mol. The smallest absolute Gasteiger partial charge is 0.0650 e. The summed E-state index contributed by atoms with van der Waals surface area (Å²) in [6.07, 6.45) is 2.04. The molecule has 11 heavy (non-hydrogen) atoms. The SMILES string of the molecule is CC(C)c1ccn(C(C)C)n1. The molecule has 0 radical (unpaired) electrons. The van der Waals surface area contributed by atoms with Crippen LogP contribution < -0.4 is 0 Å². The lowest BCUT2D eigenvalue weighted by atomic mass is 10.1. The van der Waals surface area contributed by atoms with Crippen molar-refractivity contribution in [2.75, 3.05) is 0 Å². The second kappa shape index (κ2) is 3.07. The molecule has 2 heteroatoms. The minimum absolute atomic E-state index is 0.475. The lowest BCUT2D eigenvalue weighted by Crippen LogP contribution is -2.02. The maximum Gasteiger partial charge on any atom is 0.0650 e. The molecule has 0 aromatic carbocycles. The number of hydrogen-bond acceptors (Lipinski definition) is 1. The second-order valence-electron chi connectivity index (χ2n) is 3.47. The van der Waals surface area contributed by atoms with Gasteiger partial charge in [-0.2, -0.15) is 5.10 Å². The summed E-state index contributed by atoms with van der Waals surface area (Å²) in [6, 6.07) is 2.56. The van der Waals surface area contributed by atoms with E-state index >= 15 is 0 Å². The van der Waals surface area contributed by atoms with Gasteiger partial charge in [0.15, 0.2) is 0 Å². The molecule has 0 unspecified atom stereocenters. The molecule has 1 aromatic heterocycles. The largest absolute Gasteiger partial charge is 0.270 e. The van der Waals surface area contributed by atoms with Crippen LogP contribution >= 0.6 is 0 Å². The fourth-order valence-corrected chi connectivity index (χ4v) is 0.948. The zero-order chi connectivity index (χ0) is 8.43. The van der Waals surface area contributed by atoms with Crippen LogP contribution in [0.25, 0.3) is 0 Å². The highest BCUT2D eigenvalue weighted by molar-refractivity contribution is 5.03. The van der Waals surface area contributed by atoms with Gasteiger partial charge in [0.2, 0.25) is 0 Å². The van der Waals surface area contributed by atoms with Gasteiger partial charge in [-0.25, -0.2) is 0 Å². The molecule has 0 saturated carbocycles. The Kier molecular flexibility index (Phi) is 2.32. The summed E-state index contributed by atoms with van der Waals surface area (Å²) in [4.78, 5) is 0. The molecule has 62 valence electrons. The van der Waals surface area contributed by atoms with Crippen molar-refractivity contribution in [3.05, 3.63) is 18.0 Å². The normalized spacial score (nSPS) is 11.5. The Balaban J connectivity index is 2.82. The van der Waals surface area contributed by atoms with E-state index in [-0.39, 0.29) is 0 Å². The summed E-state index contributed by atoms with van der Waals surface area (Å²) in [5.41, 5.74) is 1.18. The van der Waals surface area contributed by atoms with Crippen LogP contribution in [0.4, 0.5) is 0 Å². The molecule has 1 rings (SSSR count). The third-order valence-corrected chi connectivity index (χ3v) is 1.75. The average molecular weight is 152 g/mol. The Bertz CT molecular complexity index is 201. The summed E-state index contributed by atoms with van der Waals surface area (Å²) in [5.74, 6) is 0.537. The highest BCUT2D eigenvalue weighted by Gasteiger charge is 2.04. The van der Waals surface area contributed by atoms with Crippen molar-refractivity contribution >= 4 is 0 Å². The molecular formula is C9H16N2. The summed E-state index contributed by atoms with van der Waals surface area (Å²) in [6.45, 7) is 8.59. The van der Waals surface area contributed by atoms with E-state index in [1.165, 1.54) is 5.69 Å². The molecule has 0 fully saturated rings. The quantitative estimate of drug-likeness (QED) is 0.637. The Labute approximate surface area is 68.2 Å². The van der Waals surface area contributed by atoms with Crippen LogP contribution in [0, 0.1) is 0 Å². The standard InChI is InChI=1S/C9H16N2/c1-7(2)9-5-6-11(10-9)8(3)4/h5-8H,1-4H3. The fourth-order valence-electron chi connectivity index (χ4n) is 0.948. The lowest BCUT2D eigenvalue weighted by molar-refractivity contribution is 0.523. The Morgan fingerprint density at radius 1 is 1.27 bits per heavy atom. The van der Waals surface area contributed by atoms with Gasteiger partial charge in [0.25, 0.3) is 0 Å². The third kappa shape index (κ3) is 1.82. The maximum absolute atomic E-state index is 4.43. The van der Waals surface area contributed by atoms with Gasteiger partial charge in [-0.1, -0.05) is 13.8 Å². The maximum atomic E-state index is 4.43. The lowest BCUT2D eigenvalue weighted by Gasteiger charge is -2.04. The zero-order valence-electron chi connectivity index (χ0n) is 7.70. The van der Waals surface area contributed by atoms with Crippen LogP contribution in [0.15, 0.2) is 12.3 Å². The zero-order valence-corrected chi connectivity index (χ0v) is 7.70. The molecule has 0 aliphatic rings. The van der Waals surface area contributed by atoms with Crippen LogP contribution in [-0.4, -0.2) is 9.78 Å². The first-order valence-electron chi connectivity index (χ1n) is 4.16. The molecule has 2 nitrogen and oxygen atoms in total. The first-order chi connectivity index (χ1) is 5.11. The molecule has 0 amide bonds. The molecule has 0 saturated heterocycles. The van der Waals surface area contributed by atoms with Gasteiger partial charge in [0, 0.05) is 12.2 Å². The van der Waals surface area contributed by atoms with Crippen molar-refractivity contribution in [1.29, 1.82) is 0 Å². The van der Waals surface area contributed by atoms with Crippen molar-refractivity contribution in [3.8, 4) is 0 Å². The molecule has 0 aliphatic carbocycles. The summed E-state index contributed by atoms with van der Waals surface area (Å²) in [7, 11) is 0. The number of nitrogens with zero attached hydrogens (tertiary/aromatic N) is 2. The van der Waals surface area contributed by atoms with Gasteiger partial charge < -0.3 is 0 Å². The summed E-state index contributed by atoms with van der Waals surface area (Å²) < 4.78 is 2.00. The van der Waals surface area contributed by atoms with E-state index < -0.39 is 0 Å². The number of aromatic nitrogens is 2. The van der Waals surface area contributed by atoms with E-state index in [1.807, 2.05) is 10.9 Å². The van der Waals surface area contributed by atoms with Crippen LogP contribution in [0.2, 0.25) is 0 Å². The van der Waals surface area contributed by atoms with E-state index in [0.29, 0.717) is 12.0 Å². The van der Waals surface area contributed by atoms with Crippen molar-refractivity contribution in [2.45, 2.75) is 39.7 Å². The highest BCUT2D eigenvalue weighted by Crippen LogP contribution is 2.12. The Hall–Kier alpha value is -0.790. The van der Waals surface area contributed by atoms with Gasteiger partial charge in [-0.3, -0.25) is 4.68 Å². The van der Waals surface area contributed by atoms with E-state index in [2.05, 4.69) is 38.9 Å². The molecule has 0 N–H and O–H groups in total. The van der Waals surface area contributed by atoms with E-state index in [9.17, 15) is 0 Å². The van der Waals surface area contributed by atoms with Crippen LogP contribution in [-0.2, 0) is 0 Å². The van der Waals surface area contributed by atoms with Gasteiger partial charge in [0.1, 0.15) is 0 Å². The van der Waals surface area contributed by atoms with Gasteiger partial charge in [-0.15, -0.1) is 0 Å². The molecule has 1 aromatic rings. The van der Waals surface area contributed by atoms with E-state index in [0.717, 1.165) is 0 Å². The molecule has 0 aliphatic heterocycles. The molecular weight excluding hydrogens is 136 g/mol. The number of rotatable bonds is 2. The molecule has 0 bridgehead atoms. The predicted octanol–water partition coefficient (Wildman–Crippen LogP) is 2.59. The molecule has 1 heterocycles. The summed E-state index contributed by atoms with van der Waals surface area (Å²) in [5, 5.41) is 4.43. The second-order valence-corrected chi connectivity index (χ2v) is 3.47. The fraction of sp³-hybridized carbons (Fsp3) is 0.667. The first-order valence-corrected chi connectivity index (χ1v) is 4.16. The van der Waals surface area contributed by atoms with Crippen molar-refractivity contribution < 1.29 is 0 Å². The van der Waals surface area contributed by atoms with Crippen LogP contribution in [0.5, 0.6) is 0 Å². The monoisotopic (exact) mass is 152 g/mol. The topological polar surface area (TPSA) is 17.8 Å².